The lowest BCUT2D eigenvalue weighted by atomic mass is 9.95. The summed E-state index contributed by atoms with van der Waals surface area (Å²) >= 11 is 13.4. The molecule has 0 unspecified atom stereocenters. The number of carbonyl (C=O) groups excluding carboxylic acids is 1. The lowest BCUT2D eigenvalue weighted by molar-refractivity contribution is -0.139. The van der Waals surface area contributed by atoms with Gasteiger partial charge in [0.15, 0.2) is 4.80 Å². The van der Waals surface area contributed by atoms with Gasteiger partial charge in [-0.3, -0.25) is 9.36 Å². The fourth-order valence-electron chi connectivity index (χ4n) is 4.90. The predicted molar refractivity (Wildman–Crippen MR) is 185 cm³/mol. The smallest absolute Gasteiger partial charge is 0.338 e. The van der Waals surface area contributed by atoms with Crippen LogP contribution < -0.4 is 24.4 Å². The number of ether oxygens (including phenoxy) is 3. The van der Waals surface area contributed by atoms with Crippen LogP contribution in [0.1, 0.15) is 50.4 Å². The number of thiazole rings is 1. The Morgan fingerprint density at radius 2 is 1.91 bits per heavy atom. The molecule has 2 heterocycles. The van der Waals surface area contributed by atoms with Crippen molar-refractivity contribution in [3.63, 3.8) is 0 Å². The molecule has 0 saturated heterocycles. The van der Waals surface area contributed by atoms with Crippen molar-refractivity contribution in [2.45, 2.75) is 46.4 Å². The number of carbonyl (C=O) groups is 1. The number of hydrogen-bond acceptors (Lipinski definition) is 7. The fraction of sp³-hybridized carbons (Fsp3) is 0.242. The molecule has 0 amide bonds. The number of nitrogens with zero attached hydrogens (tertiary/aromatic N) is 2. The van der Waals surface area contributed by atoms with Gasteiger partial charge in [0.2, 0.25) is 0 Å². The van der Waals surface area contributed by atoms with Crippen molar-refractivity contribution in [1.82, 2.24) is 4.57 Å². The van der Waals surface area contributed by atoms with E-state index in [0.29, 0.717) is 48.3 Å². The summed E-state index contributed by atoms with van der Waals surface area (Å²) in [7, 11) is 0. The Balaban J connectivity index is 1.68. The lowest BCUT2D eigenvalue weighted by Crippen LogP contribution is -2.40. The third kappa shape index (κ3) is 6.83. The molecule has 1 aliphatic heterocycles. The van der Waals surface area contributed by atoms with Crippen molar-refractivity contribution in [3.8, 4) is 11.5 Å². The Kier molecular flexibility index (Phi) is 10.3. The van der Waals surface area contributed by atoms with Crippen LogP contribution in [-0.4, -0.2) is 23.2 Å². The number of benzene rings is 3. The van der Waals surface area contributed by atoms with E-state index in [-0.39, 0.29) is 24.9 Å². The van der Waals surface area contributed by atoms with E-state index >= 15 is 0 Å². The van der Waals surface area contributed by atoms with Gasteiger partial charge in [-0.05, 0) is 80.6 Å². The highest BCUT2D eigenvalue weighted by atomic mass is 127. The highest BCUT2D eigenvalue weighted by Gasteiger charge is 2.35. The number of rotatable bonds is 9. The van der Waals surface area contributed by atoms with Gasteiger partial charge in [0.05, 0.1) is 32.1 Å². The molecule has 228 valence electrons. The first kappa shape index (κ1) is 32.5. The molecule has 44 heavy (non-hydrogen) atoms. The molecule has 0 fully saturated rings. The van der Waals surface area contributed by atoms with E-state index in [1.807, 2.05) is 74.5 Å². The number of halogens is 3. The molecule has 4 aromatic rings. The molecular weight excluding hydrogens is 779 g/mol. The molecule has 5 rings (SSSR count). The van der Waals surface area contributed by atoms with Crippen LogP contribution in [0.15, 0.2) is 86.2 Å². The zero-order valence-corrected chi connectivity index (χ0v) is 29.7. The minimum Gasteiger partial charge on any atom is -0.491 e. The summed E-state index contributed by atoms with van der Waals surface area (Å²) in [5.74, 6) is 0.676. The molecular formula is C33H29BrClIN2O5S. The van der Waals surface area contributed by atoms with E-state index in [0.717, 1.165) is 13.6 Å². The van der Waals surface area contributed by atoms with E-state index in [2.05, 4.69) is 38.5 Å². The second kappa shape index (κ2) is 14.0. The maximum absolute atomic E-state index is 14.3. The average molecular weight is 808 g/mol. The van der Waals surface area contributed by atoms with E-state index in [1.54, 1.807) is 24.5 Å². The first-order chi connectivity index (χ1) is 21.1. The van der Waals surface area contributed by atoms with Gasteiger partial charge < -0.3 is 14.2 Å². The summed E-state index contributed by atoms with van der Waals surface area (Å²) in [6.45, 7) is 7.82. The quantitative estimate of drug-likeness (QED) is 0.132. The van der Waals surface area contributed by atoms with Gasteiger partial charge in [0, 0.05) is 26.2 Å². The van der Waals surface area contributed by atoms with Crippen LogP contribution in [0.25, 0.3) is 6.08 Å². The molecule has 0 spiro atoms. The normalized spacial score (nSPS) is 14.8. The van der Waals surface area contributed by atoms with E-state index in [1.165, 1.54) is 11.3 Å². The van der Waals surface area contributed by atoms with Crippen LogP contribution >= 0.6 is 61.5 Å². The first-order valence-electron chi connectivity index (χ1n) is 13.9. The number of allylic oxidation sites excluding steroid dienone is 1. The summed E-state index contributed by atoms with van der Waals surface area (Å²) < 4.78 is 21.6. The van der Waals surface area contributed by atoms with Crippen molar-refractivity contribution < 1.29 is 19.0 Å². The van der Waals surface area contributed by atoms with Crippen molar-refractivity contribution in [3.05, 3.63) is 121 Å². The molecule has 7 nitrogen and oxygen atoms in total. The molecule has 1 aliphatic rings. The monoisotopic (exact) mass is 806 g/mol. The standard InChI is InChI=1S/C33H29BrClIN2O5S/c1-5-41-32(40)28-19(4)37-33-38(29(28)23-11-7-9-13-26(23)43-18(2)3)31(39)27(44-33)15-21-14-22(34)16-25(36)30(21)42-17-20-10-6-8-12-24(20)35/h6-16,18,29H,5,17H2,1-4H3/b27-15-/t29-/m0/s1. The SMILES string of the molecule is CCOC(=O)C1=C(C)N=c2s/c(=C\c3cc(Br)cc(I)c3OCc3ccccc3Cl)c(=O)n2[C@H]1c1ccccc1OC(C)C. The summed E-state index contributed by atoms with van der Waals surface area (Å²) in [4.78, 5) is 32.8. The largest absolute Gasteiger partial charge is 0.491 e. The van der Waals surface area contributed by atoms with Gasteiger partial charge in [0.1, 0.15) is 24.1 Å². The minimum atomic E-state index is -0.791. The minimum absolute atomic E-state index is 0.119. The Bertz CT molecular complexity index is 1950. The van der Waals surface area contributed by atoms with Crippen molar-refractivity contribution in [1.29, 1.82) is 0 Å². The Hall–Kier alpha value is -2.93. The predicted octanol–water partition coefficient (Wildman–Crippen LogP) is 7.19. The molecule has 0 saturated carbocycles. The molecule has 0 N–H and O–H groups in total. The maximum atomic E-state index is 14.3. The molecule has 1 aromatic heterocycles. The number of hydrogen-bond donors (Lipinski definition) is 0. The second-order valence-electron chi connectivity index (χ2n) is 10.2. The highest BCUT2D eigenvalue weighted by molar-refractivity contribution is 14.1. The van der Waals surface area contributed by atoms with Crippen LogP contribution in [-0.2, 0) is 16.1 Å². The van der Waals surface area contributed by atoms with Gasteiger partial charge in [-0.25, -0.2) is 9.79 Å². The van der Waals surface area contributed by atoms with Crippen molar-refractivity contribution in [2.24, 2.45) is 4.99 Å². The van der Waals surface area contributed by atoms with Crippen molar-refractivity contribution in [2.75, 3.05) is 6.61 Å². The van der Waals surface area contributed by atoms with Crippen LogP contribution in [0.4, 0.5) is 0 Å². The second-order valence-corrected chi connectivity index (χ2v) is 13.7. The highest BCUT2D eigenvalue weighted by Crippen LogP contribution is 2.36. The number of esters is 1. The number of aromatic nitrogens is 1. The van der Waals surface area contributed by atoms with E-state index < -0.39 is 12.0 Å². The zero-order valence-electron chi connectivity index (χ0n) is 24.4. The number of fused-ring (bicyclic) bond motifs is 1. The summed E-state index contributed by atoms with van der Waals surface area (Å²) in [6, 6.07) is 18.0. The summed E-state index contributed by atoms with van der Waals surface area (Å²) in [6.07, 6.45) is 1.68. The van der Waals surface area contributed by atoms with E-state index in [4.69, 9.17) is 30.8 Å². The van der Waals surface area contributed by atoms with E-state index in [9.17, 15) is 9.59 Å². The Morgan fingerprint density at radius 1 is 1.18 bits per heavy atom. The Labute approximate surface area is 286 Å². The first-order valence-corrected chi connectivity index (χ1v) is 17.0. The zero-order chi connectivity index (χ0) is 31.5. The average Bonchev–Trinajstić information content (AvgIpc) is 3.26. The third-order valence-corrected chi connectivity index (χ3v) is 9.36. The Morgan fingerprint density at radius 3 is 2.64 bits per heavy atom. The van der Waals surface area contributed by atoms with Crippen LogP contribution in [0.2, 0.25) is 5.02 Å². The molecule has 1 atom stereocenters. The summed E-state index contributed by atoms with van der Waals surface area (Å²) in [5, 5.41) is 0.615. The molecule has 0 aliphatic carbocycles. The molecule has 3 aromatic carbocycles. The van der Waals surface area contributed by atoms with Crippen LogP contribution in [0.5, 0.6) is 11.5 Å². The maximum Gasteiger partial charge on any atom is 0.338 e. The van der Waals surface area contributed by atoms with Gasteiger partial charge in [-0.1, -0.05) is 75.3 Å². The van der Waals surface area contributed by atoms with Gasteiger partial charge in [-0.15, -0.1) is 0 Å². The van der Waals surface area contributed by atoms with Crippen molar-refractivity contribution >= 4 is 73.5 Å². The summed E-state index contributed by atoms with van der Waals surface area (Å²) in [5.41, 5.74) is 2.73. The third-order valence-electron chi connectivity index (χ3n) is 6.75. The molecule has 11 heteroatoms. The molecule has 0 bridgehead atoms. The number of para-hydroxylation sites is 1. The van der Waals surface area contributed by atoms with Crippen LogP contribution in [0, 0.1) is 3.57 Å². The fourth-order valence-corrected chi connectivity index (χ4v) is 7.83. The van der Waals surface area contributed by atoms with Crippen LogP contribution in [0.3, 0.4) is 0 Å². The molecule has 0 radical (unpaired) electrons. The lowest BCUT2D eigenvalue weighted by Gasteiger charge is -2.26. The van der Waals surface area contributed by atoms with Gasteiger partial charge >= 0.3 is 5.97 Å². The van der Waals surface area contributed by atoms with Gasteiger partial charge in [0.25, 0.3) is 5.56 Å². The van der Waals surface area contributed by atoms with Gasteiger partial charge in [-0.2, -0.15) is 0 Å². The topological polar surface area (TPSA) is 79.1 Å².